The van der Waals surface area contributed by atoms with Crippen molar-refractivity contribution in [3.63, 3.8) is 0 Å². The molecular weight excluding hydrogens is 392 g/mol. The highest BCUT2D eigenvalue weighted by Gasteiger charge is 2.25. The molecule has 0 fully saturated rings. The van der Waals surface area contributed by atoms with Crippen molar-refractivity contribution in [1.29, 1.82) is 0 Å². The summed E-state index contributed by atoms with van der Waals surface area (Å²) < 4.78 is 38.0. The van der Waals surface area contributed by atoms with E-state index >= 15 is 0 Å². The molecule has 4 rings (SSSR count). The lowest BCUT2D eigenvalue weighted by atomic mass is 10.1. The number of ether oxygens (including phenoxy) is 1. The van der Waals surface area contributed by atoms with E-state index in [2.05, 4.69) is 0 Å². The lowest BCUT2D eigenvalue weighted by molar-refractivity contribution is 0.0395. The van der Waals surface area contributed by atoms with E-state index < -0.39 is 32.5 Å². The van der Waals surface area contributed by atoms with Gasteiger partial charge in [0.15, 0.2) is 0 Å². The first kappa shape index (κ1) is 18.8. The Labute approximate surface area is 166 Å². The van der Waals surface area contributed by atoms with E-state index in [9.17, 15) is 22.6 Å². The lowest BCUT2D eigenvalue weighted by Gasteiger charge is -2.09. The second kappa shape index (κ2) is 7.12. The number of hydrogen-bond acceptors (Lipinski definition) is 5. The van der Waals surface area contributed by atoms with Gasteiger partial charge in [-0.15, -0.1) is 0 Å². The number of fused-ring (bicyclic) bond motifs is 2. The van der Waals surface area contributed by atoms with Gasteiger partial charge in [-0.1, -0.05) is 54.6 Å². The first-order valence-corrected chi connectivity index (χ1v) is 10.0. The molecule has 0 saturated heterocycles. The third kappa shape index (κ3) is 3.73. The summed E-state index contributed by atoms with van der Waals surface area (Å²) in [6.07, 6.45) is 0. The van der Waals surface area contributed by atoms with Crippen molar-refractivity contribution in [3.8, 4) is 0 Å². The Morgan fingerprint density at radius 3 is 1.86 bits per heavy atom. The molecule has 0 atom stereocenters. The summed E-state index contributed by atoms with van der Waals surface area (Å²) in [6, 6.07) is 21.3. The molecule has 6 nitrogen and oxygen atoms in total. The molecular formula is C22H14O6S. The van der Waals surface area contributed by atoms with E-state index in [4.69, 9.17) is 4.74 Å². The maximum absolute atomic E-state index is 12.6. The van der Waals surface area contributed by atoms with Gasteiger partial charge in [0.05, 0.1) is 11.1 Å². The Morgan fingerprint density at radius 1 is 0.690 bits per heavy atom. The van der Waals surface area contributed by atoms with Crippen LogP contribution in [0.15, 0.2) is 83.8 Å². The normalized spacial score (nSPS) is 11.5. The van der Waals surface area contributed by atoms with Gasteiger partial charge in [-0.2, -0.15) is 8.42 Å². The molecule has 7 heteroatoms. The van der Waals surface area contributed by atoms with E-state index in [1.165, 1.54) is 18.2 Å². The first-order chi connectivity index (χ1) is 13.8. The minimum absolute atomic E-state index is 0.145. The molecule has 1 N–H and O–H groups in total. The smallest absolute Gasteiger partial charge is 0.347 e. The zero-order valence-corrected chi connectivity index (χ0v) is 15.7. The third-order valence-electron chi connectivity index (χ3n) is 4.52. The number of carbonyl (C=O) groups is 2. The fraction of sp³-hybridized carbons (Fsp3) is 0. The van der Waals surface area contributed by atoms with Gasteiger partial charge in [-0.05, 0) is 45.8 Å². The van der Waals surface area contributed by atoms with Crippen LogP contribution in [-0.2, 0) is 14.9 Å². The minimum atomic E-state index is -4.71. The van der Waals surface area contributed by atoms with Crippen molar-refractivity contribution in [2.24, 2.45) is 0 Å². The van der Waals surface area contributed by atoms with Crippen LogP contribution in [0, 0.1) is 0 Å². The zero-order chi connectivity index (χ0) is 20.6. The van der Waals surface area contributed by atoms with Gasteiger partial charge < -0.3 is 4.74 Å². The van der Waals surface area contributed by atoms with Crippen LogP contribution in [0.25, 0.3) is 21.5 Å². The lowest BCUT2D eigenvalue weighted by Crippen LogP contribution is -2.16. The monoisotopic (exact) mass is 406 g/mol. The Bertz CT molecular complexity index is 1390. The summed E-state index contributed by atoms with van der Waals surface area (Å²) in [4.78, 5) is 24.4. The van der Waals surface area contributed by atoms with Crippen LogP contribution < -0.4 is 0 Å². The summed E-state index contributed by atoms with van der Waals surface area (Å²) in [6.45, 7) is 0. The predicted molar refractivity (Wildman–Crippen MR) is 107 cm³/mol. The second-order valence-electron chi connectivity index (χ2n) is 6.41. The van der Waals surface area contributed by atoms with Crippen molar-refractivity contribution < 1.29 is 27.3 Å². The molecule has 0 bridgehead atoms. The topological polar surface area (TPSA) is 97.7 Å². The van der Waals surface area contributed by atoms with E-state index in [1.54, 1.807) is 36.4 Å². The Kier molecular flexibility index (Phi) is 4.62. The van der Waals surface area contributed by atoms with Crippen LogP contribution in [0.4, 0.5) is 0 Å². The molecule has 0 radical (unpaired) electrons. The highest BCUT2D eigenvalue weighted by Crippen LogP contribution is 2.25. The van der Waals surface area contributed by atoms with Crippen LogP contribution in [-0.4, -0.2) is 24.9 Å². The summed E-state index contributed by atoms with van der Waals surface area (Å²) in [5.74, 6) is -2.09. The van der Waals surface area contributed by atoms with Crippen LogP contribution >= 0.6 is 0 Å². The molecule has 0 aliphatic rings. The molecule has 4 aromatic carbocycles. The largest absolute Gasteiger partial charge is 0.386 e. The van der Waals surface area contributed by atoms with Crippen LogP contribution in [0.1, 0.15) is 20.7 Å². The predicted octanol–water partition coefficient (Wildman–Crippen LogP) is 4.24. The molecule has 0 aliphatic carbocycles. The molecule has 0 aromatic heterocycles. The minimum Gasteiger partial charge on any atom is -0.386 e. The van der Waals surface area contributed by atoms with Gasteiger partial charge in [0.1, 0.15) is 4.90 Å². The molecule has 4 aromatic rings. The fourth-order valence-corrected chi connectivity index (χ4v) is 3.80. The van der Waals surface area contributed by atoms with Gasteiger partial charge in [0.2, 0.25) is 0 Å². The quantitative estimate of drug-likeness (QED) is 0.311. The highest BCUT2D eigenvalue weighted by atomic mass is 32.2. The van der Waals surface area contributed by atoms with E-state index in [1.807, 2.05) is 24.3 Å². The SMILES string of the molecule is O=C(OC(=O)c1cc2ccccc2cc1S(=O)(=O)O)c1ccc2ccccc2c1. The fourth-order valence-electron chi connectivity index (χ4n) is 3.11. The van der Waals surface area contributed by atoms with Gasteiger partial charge in [-0.3, -0.25) is 4.55 Å². The maximum Gasteiger partial charge on any atom is 0.347 e. The Hall–Kier alpha value is -3.55. The molecule has 0 unspecified atom stereocenters. The first-order valence-electron chi connectivity index (χ1n) is 8.58. The van der Waals surface area contributed by atoms with E-state index in [0.717, 1.165) is 10.8 Å². The Morgan fingerprint density at radius 2 is 1.24 bits per heavy atom. The maximum atomic E-state index is 12.6. The molecule has 0 spiro atoms. The average molecular weight is 406 g/mol. The number of esters is 2. The van der Waals surface area contributed by atoms with Crippen molar-refractivity contribution in [2.45, 2.75) is 4.90 Å². The van der Waals surface area contributed by atoms with Crippen LogP contribution in [0.3, 0.4) is 0 Å². The molecule has 29 heavy (non-hydrogen) atoms. The third-order valence-corrected chi connectivity index (χ3v) is 5.41. The zero-order valence-electron chi connectivity index (χ0n) is 14.9. The summed E-state index contributed by atoms with van der Waals surface area (Å²) >= 11 is 0. The standard InChI is InChI=1S/C22H14O6S/c23-21(18-10-9-14-5-1-2-6-15(14)11-18)28-22(24)19-12-16-7-3-4-8-17(16)13-20(19)29(25,26)27/h1-13H,(H,25,26,27). The number of hydrogen-bond donors (Lipinski definition) is 1. The van der Waals surface area contributed by atoms with Crippen molar-refractivity contribution in [1.82, 2.24) is 0 Å². The van der Waals surface area contributed by atoms with Crippen molar-refractivity contribution in [2.75, 3.05) is 0 Å². The van der Waals surface area contributed by atoms with Crippen molar-refractivity contribution >= 4 is 43.6 Å². The van der Waals surface area contributed by atoms with Crippen LogP contribution in [0.5, 0.6) is 0 Å². The van der Waals surface area contributed by atoms with Crippen LogP contribution in [0.2, 0.25) is 0 Å². The summed E-state index contributed by atoms with van der Waals surface area (Å²) in [5.41, 5.74) is -0.272. The van der Waals surface area contributed by atoms with Gasteiger partial charge in [0, 0.05) is 0 Å². The summed E-state index contributed by atoms with van der Waals surface area (Å²) in [5, 5.41) is 2.78. The molecule has 0 amide bonds. The average Bonchev–Trinajstić information content (AvgIpc) is 2.71. The number of rotatable bonds is 3. The van der Waals surface area contributed by atoms with Gasteiger partial charge >= 0.3 is 11.9 Å². The van der Waals surface area contributed by atoms with Crippen molar-refractivity contribution in [3.05, 3.63) is 90.0 Å². The van der Waals surface area contributed by atoms with Gasteiger partial charge in [-0.25, -0.2) is 9.59 Å². The molecule has 144 valence electrons. The second-order valence-corrected chi connectivity index (χ2v) is 7.80. The number of carbonyl (C=O) groups excluding carboxylic acids is 2. The highest BCUT2D eigenvalue weighted by molar-refractivity contribution is 7.86. The Balaban J connectivity index is 1.71. The number of benzene rings is 4. The van der Waals surface area contributed by atoms with E-state index in [0.29, 0.717) is 10.8 Å². The summed E-state index contributed by atoms with van der Waals surface area (Å²) in [7, 11) is -4.71. The molecule has 0 saturated carbocycles. The molecule has 0 aliphatic heterocycles. The molecule has 0 heterocycles. The van der Waals surface area contributed by atoms with E-state index in [-0.39, 0.29) is 5.56 Å². The van der Waals surface area contributed by atoms with Gasteiger partial charge in [0.25, 0.3) is 10.1 Å².